The van der Waals surface area contributed by atoms with E-state index in [4.69, 9.17) is 0 Å². The Morgan fingerprint density at radius 3 is 2.60 bits per heavy atom. The van der Waals surface area contributed by atoms with Crippen molar-refractivity contribution in [3.63, 3.8) is 0 Å². The SMILES string of the molecule is CC(C)=CCC1(C(=O)O)CCCCC1=O. The molecule has 0 aliphatic heterocycles. The van der Waals surface area contributed by atoms with Crippen LogP contribution in [0, 0.1) is 5.41 Å². The first kappa shape index (κ1) is 12.0. The van der Waals surface area contributed by atoms with E-state index in [0.29, 0.717) is 19.3 Å². The highest BCUT2D eigenvalue weighted by molar-refractivity contribution is 6.03. The summed E-state index contributed by atoms with van der Waals surface area (Å²) >= 11 is 0. The molecule has 1 aliphatic rings. The molecule has 1 unspecified atom stereocenters. The Labute approximate surface area is 90.2 Å². The van der Waals surface area contributed by atoms with Crippen molar-refractivity contribution in [1.82, 2.24) is 0 Å². The molecule has 0 aromatic heterocycles. The van der Waals surface area contributed by atoms with Crippen LogP contribution in [0.1, 0.15) is 46.0 Å². The molecule has 1 fully saturated rings. The fourth-order valence-corrected chi connectivity index (χ4v) is 2.00. The third-order valence-corrected chi connectivity index (χ3v) is 3.06. The quantitative estimate of drug-likeness (QED) is 0.575. The van der Waals surface area contributed by atoms with Gasteiger partial charge in [0.1, 0.15) is 11.2 Å². The first-order valence-corrected chi connectivity index (χ1v) is 5.39. The van der Waals surface area contributed by atoms with Crippen LogP contribution in [0.15, 0.2) is 11.6 Å². The van der Waals surface area contributed by atoms with Gasteiger partial charge < -0.3 is 5.11 Å². The van der Waals surface area contributed by atoms with E-state index < -0.39 is 11.4 Å². The Hall–Kier alpha value is -1.12. The van der Waals surface area contributed by atoms with Crippen molar-refractivity contribution >= 4 is 11.8 Å². The van der Waals surface area contributed by atoms with Gasteiger partial charge in [0.15, 0.2) is 0 Å². The molecule has 0 heterocycles. The number of rotatable bonds is 3. The van der Waals surface area contributed by atoms with Crippen molar-refractivity contribution < 1.29 is 14.7 Å². The standard InChI is InChI=1S/C12H18O3/c1-9(2)6-8-12(11(14)15)7-4-3-5-10(12)13/h6H,3-5,7-8H2,1-2H3,(H,14,15). The lowest BCUT2D eigenvalue weighted by Crippen LogP contribution is -2.41. The number of aliphatic carboxylic acids is 1. The van der Waals surface area contributed by atoms with Crippen molar-refractivity contribution in [3.05, 3.63) is 11.6 Å². The minimum atomic E-state index is -1.13. The lowest BCUT2D eigenvalue weighted by Gasteiger charge is -2.30. The van der Waals surface area contributed by atoms with E-state index in [1.807, 2.05) is 19.9 Å². The summed E-state index contributed by atoms with van der Waals surface area (Å²) in [5, 5.41) is 9.22. The largest absolute Gasteiger partial charge is 0.480 e. The van der Waals surface area contributed by atoms with Gasteiger partial charge in [-0.3, -0.25) is 9.59 Å². The topological polar surface area (TPSA) is 54.4 Å². The van der Waals surface area contributed by atoms with Crippen molar-refractivity contribution in [1.29, 1.82) is 0 Å². The lowest BCUT2D eigenvalue weighted by atomic mass is 9.70. The fourth-order valence-electron chi connectivity index (χ4n) is 2.00. The zero-order valence-corrected chi connectivity index (χ0v) is 9.38. The predicted molar refractivity (Wildman–Crippen MR) is 57.6 cm³/mol. The van der Waals surface area contributed by atoms with Crippen LogP contribution in [-0.4, -0.2) is 16.9 Å². The zero-order chi connectivity index (χ0) is 11.5. The third-order valence-electron chi connectivity index (χ3n) is 3.06. The zero-order valence-electron chi connectivity index (χ0n) is 9.38. The molecule has 0 aromatic carbocycles. The summed E-state index contributed by atoms with van der Waals surface area (Å²) in [7, 11) is 0. The average molecular weight is 210 g/mol. The van der Waals surface area contributed by atoms with Crippen LogP contribution in [0.2, 0.25) is 0 Å². The van der Waals surface area contributed by atoms with E-state index in [1.54, 1.807) is 0 Å². The van der Waals surface area contributed by atoms with Crippen LogP contribution >= 0.6 is 0 Å². The number of Topliss-reactive ketones (excluding diaryl/α,β-unsaturated/α-hetero) is 1. The van der Waals surface area contributed by atoms with Gasteiger partial charge in [0.05, 0.1) is 0 Å². The van der Waals surface area contributed by atoms with Crippen LogP contribution in [0.4, 0.5) is 0 Å². The summed E-state index contributed by atoms with van der Waals surface area (Å²) in [4.78, 5) is 23.0. The molecule has 15 heavy (non-hydrogen) atoms. The third kappa shape index (κ3) is 2.46. The maximum atomic E-state index is 11.8. The van der Waals surface area contributed by atoms with E-state index in [0.717, 1.165) is 18.4 Å². The molecule has 84 valence electrons. The minimum absolute atomic E-state index is 0.0984. The Bertz CT molecular complexity index is 300. The van der Waals surface area contributed by atoms with Crippen molar-refractivity contribution in [2.75, 3.05) is 0 Å². The number of carbonyl (C=O) groups excluding carboxylic acids is 1. The molecular weight excluding hydrogens is 192 g/mol. The summed E-state index contributed by atoms with van der Waals surface area (Å²) in [5.74, 6) is -1.05. The van der Waals surface area contributed by atoms with Crippen molar-refractivity contribution in [2.45, 2.75) is 46.0 Å². The van der Waals surface area contributed by atoms with Gasteiger partial charge in [0, 0.05) is 6.42 Å². The molecule has 3 nitrogen and oxygen atoms in total. The maximum Gasteiger partial charge on any atom is 0.317 e. The predicted octanol–water partition coefficient (Wildman–Crippen LogP) is 2.56. The van der Waals surface area contributed by atoms with Gasteiger partial charge in [0.2, 0.25) is 0 Å². The molecule has 1 rings (SSSR count). The molecule has 0 aromatic rings. The molecular formula is C12H18O3. The number of allylic oxidation sites excluding steroid dienone is 2. The Morgan fingerprint density at radius 1 is 1.47 bits per heavy atom. The molecule has 0 bridgehead atoms. The second-order valence-corrected chi connectivity index (χ2v) is 4.50. The van der Waals surface area contributed by atoms with Crippen molar-refractivity contribution in [3.8, 4) is 0 Å². The van der Waals surface area contributed by atoms with Gasteiger partial charge >= 0.3 is 5.97 Å². The Balaban J connectivity index is 2.91. The Kier molecular flexibility index (Phi) is 3.66. The molecule has 1 N–H and O–H groups in total. The summed E-state index contributed by atoms with van der Waals surface area (Å²) in [6.07, 6.45) is 4.80. The second kappa shape index (κ2) is 4.60. The molecule has 1 atom stereocenters. The summed E-state index contributed by atoms with van der Waals surface area (Å²) < 4.78 is 0. The van der Waals surface area contributed by atoms with Crippen LogP contribution in [0.25, 0.3) is 0 Å². The molecule has 0 amide bonds. The molecule has 3 heteroatoms. The monoisotopic (exact) mass is 210 g/mol. The number of carbonyl (C=O) groups is 2. The highest BCUT2D eigenvalue weighted by atomic mass is 16.4. The molecule has 0 saturated heterocycles. The second-order valence-electron chi connectivity index (χ2n) is 4.50. The van der Waals surface area contributed by atoms with Crippen LogP contribution in [0.5, 0.6) is 0 Å². The number of ketones is 1. The van der Waals surface area contributed by atoms with E-state index in [-0.39, 0.29) is 5.78 Å². The maximum absolute atomic E-state index is 11.8. The minimum Gasteiger partial charge on any atom is -0.480 e. The summed E-state index contributed by atoms with van der Waals surface area (Å²) in [6, 6.07) is 0. The van der Waals surface area contributed by atoms with E-state index in [1.165, 1.54) is 0 Å². The van der Waals surface area contributed by atoms with Gasteiger partial charge in [-0.05, 0) is 33.1 Å². The van der Waals surface area contributed by atoms with Crippen LogP contribution in [-0.2, 0) is 9.59 Å². The van der Waals surface area contributed by atoms with E-state index in [2.05, 4.69) is 0 Å². The lowest BCUT2D eigenvalue weighted by molar-refractivity contribution is -0.156. The van der Waals surface area contributed by atoms with E-state index >= 15 is 0 Å². The van der Waals surface area contributed by atoms with Gasteiger partial charge in [0.25, 0.3) is 0 Å². The fraction of sp³-hybridized carbons (Fsp3) is 0.667. The van der Waals surface area contributed by atoms with Gasteiger partial charge in [-0.15, -0.1) is 0 Å². The van der Waals surface area contributed by atoms with Crippen molar-refractivity contribution in [2.24, 2.45) is 5.41 Å². The average Bonchev–Trinajstić information content (AvgIpc) is 2.16. The highest BCUT2D eigenvalue weighted by Crippen LogP contribution is 2.37. The molecule has 1 aliphatic carbocycles. The first-order valence-electron chi connectivity index (χ1n) is 5.39. The number of hydrogen-bond donors (Lipinski definition) is 1. The van der Waals surface area contributed by atoms with Gasteiger partial charge in [-0.1, -0.05) is 18.1 Å². The smallest absolute Gasteiger partial charge is 0.317 e. The molecule has 1 saturated carbocycles. The number of hydrogen-bond acceptors (Lipinski definition) is 2. The molecule has 0 spiro atoms. The van der Waals surface area contributed by atoms with Crippen LogP contribution < -0.4 is 0 Å². The molecule has 0 radical (unpaired) electrons. The van der Waals surface area contributed by atoms with Gasteiger partial charge in [-0.2, -0.15) is 0 Å². The van der Waals surface area contributed by atoms with E-state index in [9.17, 15) is 14.7 Å². The normalized spacial score (nSPS) is 26.1. The first-order chi connectivity index (χ1) is 6.99. The Morgan fingerprint density at radius 2 is 2.13 bits per heavy atom. The number of carboxylic acids is 1. The van der Waals surface area contributed by atoms with Gasteiger partial charge in [-0.25, -0.2) is 0 Å². The highest BCUT2D eigenvalue weighted by Gasteiger charge is 2.45. The summed E-state index contributed by atoms with van der Waals surface area (Å²) in [6.45, 7) is 3.84. The summed E-state index contributed by atoms with van der Waals surface area (Å²) in [5.41, 5.74) is -0.0656. The number of carboxylic acid groups (broad SMARTS) is 1. The van der Waals surface area contributed by atoms with Crippen LogP contribution in [0.3, 0.4) is 0 Å².